The summed E-state index contributed by atoms with van der Waals surface area (Å²) in [7, 11) is 0. The predicted molar refractivity (Wildman–Crippen MR) is 120 cm³/mol. The normalized spacial score (nSPS) is 18.7. The van der Waals surface area contributed by atoms with E-state index in [1.807, 2.05) is 18.2 Å². The van der Waals surface area contributed by atoms with Crippen molar-refractivity contribution in [1.82, 2.24) is 5.32 Å². The number of nitrogens with zero attached hydrogens (tertiary/aromatic N) is 1. The van der Waals surface area contributed by atoms with Crippen LogP contribution in [-0.4, -0.2) is 25.7 Å². The van der Waals surface area contributed by atoms with Gasteiger partial charge in [-0.1, -0.05) is 72.3 Å². The van der Waals surface area contributed by atoms with Crippen LogP contribution in [0.1, 0.15) is 11.1 Å². The Balaban J connectivity index is 1.46. The molecule has 3 aromatic rings. The van der Waals surface area contributed by atoms with Crippen LogP contribution < -0.4 is 10.2 Å². The van der Waals surface area contributed by atoms with Crippen molar-refractivity contribution in [3.63, 3.8) is 0 Å². The molecule has 0 spiro atoms. The molecule has 4 rings (SSSR count). The summed E-state index contributed by atoms with van der Waals surface area (Å²) in [5, 5.41) is 4.28. The van der Waals surface area contributed by atoms with Crippen LogP contribution in [0.4, 0.5) is 5.69 Å². The summed E-state index contributed by atoms with van der Waals surface area (Å²) in [6, 6.07) is 29.1. The van der Waals surface area contributed by atoms with Crippen molar-refractivity contribution < 1.29 is 4.74 Å². The van der Waals surface area contributed by atoms with Crippen LogP contribution in [0.2, 0.25) is 5.02 Å². The van der Waals surface area contributed by atoms with Crippen molar-refractivity contribution in [3.8, 4) is 0 Å². The standard InChI is InChI=1S/C25H27ClN2O/c26-23-11-13-24(14-12-23)28(17-20-7-3-1-4-8-20)18-22-15-27-16-25(22)29-19-21-9-5-2-6-10-21/h1-14,22,25,27H,15-19H2/t22-,25-/m0/s1. The summed E-state index contributed by atoms with van der Waals surface area (Å²) in [5.41, 5.74) is 3.71. The van der Waals surface area contributed by atoms with Gasteiger partial charge in [0.2, 0.25) is 0 Å². The zero-order valence-electron chi connectivity index (χ0n) is 16.5. The van der Waals surface area contributed by atoms with Crippen LogP contribution in [0.3, 0.4) is 0 Å². The van der Waals surface area contributed by atoms with Gasteiger partial charge in [0, 0.05) is 42.8 Å². The molecule has 0 aliphatic carbocycles. The van der Waals surface area contributed by atoms with Gasteiger partial charge in [-0.3, -0.25) is 0 Å². The maximum Gasteiger partial charge on any atom is 0.0761 e. The molecule has 2 atom stereocenters. The lowest BCUT2D eigenvalue weighted by atomic mass is 10.0. The molecule has 1 fully saturated rings. The van der Waals surface area contributed by atoms with E-state index < -0.39 is 0 Å². The number of ether oxygens (including phenoxy) is 1. The highest BCUT2D eigenvalue weighted by molar-refractivity contribution is 6.30. The number of hydrogen-bond donors (Lipinski definition) is 1. The highest BCUT2D eigenvalue weighted by Crippen LogP contribution is 2.24. The summed E-state index contributed by atoms with van der Waals surface area (Å²) >= 11 is 6.12. The van der Waals surface area contributed by atoms with Gasteiger partial charge in [-0.25, -0.2) is 0 Å². The van der Waals surface area contributed by atoms with Crippen LogP contribution in [0.5, 0.6) is 0 Å². The summed E-state index contributed by atoms with van der Waals surface area (Å²) in [6.45, 7) is 4.33. The van der Waals surface area contributed by atoms with E-state index >= 15 is 0 Å². The lowest BCUT2D eigenvalue weighted by Crippen LogP contribution is -2.35. The zero-order valence-corrected chi connectivity index (χ0v) is 17.3. The molecule has 0 unspecified atom stereocenters. The SMILES string of the molecule is Clc1ccc(N(Cc2ccccc2)C[C@@H]2CNC[C@@H]2OCc2ccccc2)cc1. The molecule has 1 N–H and O–H groups in total. The Hall–Kier alpha value is -2.33. The topological polar surface area (TPSA) is 24.5 Å². The van der Waals surface area contributed by atoms with Crippen LogP contribution in [-0.2, 0) is 17.9 Å². The molecule has 0 bridgehead atoms. The number of hydrogen-bond acceptors (Lipinski definition) is 3. The molecule has 3 nitrogen and oxygen atoms in total. The molecule has 150 valence electrons. The minimum absolute atomic E-state index is 0.209. The maximum atomic E-state index is 6.30. The molecule has 3 aromatic carbocycles. The Kier molecular flexibility index (Phi) is 6.83. The molecule has 29 heavy (non-hydrogen) atoms. The largest absolute Gasteiger partial charge is 0.372 e. The number of benzene rings is 3. The van der Waals surface area contributed by atoms with E-state index in [1.54, 1.807) is 0 Å². The van der Waals surface area contributed by atoms with Gasteiger partial charge in [-0.15, -0.1) is 0 Å². The lowest BCUT2D eigenvalue weighted by molar-refractivity contribution is 0.0274. The van der Waals surface area contributed by atoms with Gasteiger partial charge < -0.3 is 15.0 Å². The van der Waals surface area contributed by atoms with Crippen molar-refractivity contribution in [1.29, 1.82) is 0 Å². The molecular weight excluding hydrogens is 380 g/mol. The summed E-state index contributed by atoms with van der Waals surface area (Å²) < 4.78 is 6.30. The van der Waals surface area contributed by atoms with Crippen molar-refractivity contribution in [3.05, 3.63) is 101 Å². The Morgan fingerprint density at radius 1 is 0.828 bits per heavy atom. The van der Waals surface area contributed by atoms with Crippen molar-refractivity contribution in [2.24, 2.45) is 5.92 Å². The number of nitrogens with one attached hydrogen (secondary N) is 1. The van der Waals surface area contributed by atoms with Crippen LogP contribution in [0.25, 0.3) is 0 Å². The van der Waals surface area contributed by atoms with Gasteiger partial charge in [0.1, 0.15) is 0 Å². The summed E-state index contributed by atoms with van der Waals surface area (Å²) in [5.74, 6) is 0.429. The third kappa shape index (κ3) is 5.60. The van der Waals surface area contributed by atoms with Gasteiger partial charge >= 0.3 is 0 Å². The fraction of sp³-hybridized carbons (Fsp3) is 0.280. The number of rotatable bonds is 8. The molecule has 0 amide bonds. The third-order valence-corrected chi connectivity index (χ3v) is 5.70. The van der Waals surface area contributed by atoms with Gasteiger partial charge in [-0.05, 0) is 35.4 Å². The lowest BCUT2D eigenvalue weighted by Gasteiger charge is -2.30. The monoisotopic (exact) mass is 406 g/mol. The van der Waals surface area contributed by atoms with Crippen molar-refractivity contribution in [2.75, 3.05) is 24.5 Å². The van der Waals surface area contributed by atoms with Crippen LogP contribution in [0, 0.1) is 5.92 Å². The summed E-state index contributed by atoms with van der Waals surface area (Å²) in [6.07, 6.45) is 0.209. The Labute approximate surface area is 178 Å². The van der Waals surface area contributed by atoms with E-state index in [4.69, 9.17) is 16.3 Å². The molecule has 0 radical (unpaired) electrons. The fourth-order valence-corrected chi connectivity index (χ4v) is 3.99. The average Bonchev–Trinajstić information content (AvgIpc) is 3.21. The van der Waals surface area contributed by atoms with Crippen LogP contribution >= 0.6 is 11.6 Å². The van der Waals surface area contributed by atoms with E-state index in [9.17, 15) is 0 Å². The molecule has 1 aliphatic rings. The summed E-state index contributed by atoms with van der Waals surface area (Å²) in [4.78, 5) is 2.43. The van der Waals surface area contributed by atoms with Gasteiger partial charge in [-0.2, -0.15) is 0 Å². The predicted octanol–water partition coefficient (Wildman–Crippen LogP) is 5.15. The second-order valence-electron chi connectivity index (χ2n) is 7.60. The first-order chi connectivity index (χ1) is 14.3. The molecule has 4 heteroatoms. The van der Waals surface area contributed by atoms with Gasteiger partial charge in [0.25, 0.3) is 0 Å². The molecule has 1 aliphatic heterocycles. The molecule has 0 aromatic heterocycles. The minimum atomic E-state index is 0.209. The third-order valence-electron chi connectivity index (χ3n) is 5.45. The molecule has 1 heterocycles. The van der Waals surface area contributed by atoms with E-state index in [0.29, 0.717) is 12.5 Å². The van der Waals surface area contributed by atoms with Crippen LogP contribution in [0.15, 0.2) is 84.9 Å². The highest BCUT2D eigenvalue weighted by atomic mass is 35.5. The number of anilines is 1. The van der Waals surface area contributed by atoms with E-state index in [1.165, 1.54) is 16.8 Å². The quantitative estimate of drug-likeness (QED) is 0.559. The van der Waals surface area contributed by atoms with Crippen molar-refractivity contribution >= 4 is 17.3 Å². The first-order valence-electron chi connectivity index (χ1n) is 10.2. The Morgan fingerprint density at radius 3 is 2.17 bits per heavy atom. The van der Waals surface area contributed by atoms with Gasteiger partial charge in [0.15, 0.2) is 0 Å². The first kappa shape index (κ1) is 20.0. The van der Waals surface area contributed by atoms with E-state index in [0.717, 1.165) is 31.2 Å². The van der Waals surface area contributed by atoms with E-state index in [-0.39, 0.29) is 6.10 Å². The zero-order chi connectivity index (χ0) is 19.9. The minimum Gasteiger partial charge on any atom is -0.372 e. The van der Waals surface area contributed by atoms with Gasteiger partial charge in [0.05, 0.1) is 12.7 Å². The maximum absolute atomic E-state index is 6.30. The van der Waals surface area contributed by atoms with Crippen molar-refractivity contribution in [2.45, 2.75) is 19.3 Å². The Bertz CT molecular complexity index is 870. The smallest absolute Gasteiger partial charge is 0.0761 e. The Morgan fingerprint density at radius 2 is 1.48 bits per heavy atom. The second kappa shape index (κ2) is 9.93. The molecule has 1 saturated heterocycles. The average molecular weight is 407 g/mol. The first-order valence-corrected chi connectivity index (χ1v) is 10.6. The highest BCUT2D eigenvalue weighted by Gasteiger charge is 2.29. The number of halogens is 1. The molecule has 0 saturated carbocycles. The molecular formula is C25H27ClN2O. The fourth-order valence-electron chi connectivity index (χ4n) is 3.86. The second-order valence-corrected chi connectivity index (χ2v) is 8.03. The van der Waals surface area contributed by atoms with E-state index in [2.05, 4.69) is 76.9 Å².